The Hall–Kier alpha value is -3.43. The second-order valence-corrected chi connectivity index (χ2v) is 17.1. The molecule has 3 fully saturated rings. The molecule has 1 N–H and O–H groups in total. The molecule has 3 saturated heterocycles. The molecule has 0 aromatic heterocycles. The topological polar surface area (TPSA) is 171 Å². The van der Waals surface area contributed by atoms with Crippen LogP contribution in [0.4, 0.5) is 0 Å². The lowest BCUT2D eigenvalue weighted by Gasteiger charge is -2.46. The lowest BCUT2D eigenvalue weighted by Crippen LogP contribution is -2.58. The van der Waals surface area contributed by atoms with Gasteiger partial charge in [-0.25, -0.2) is 0 Å². The molecule has 3 heterocycles. The van der Waals surface area contributed by atoms with Gasteiger partial charge in [-0.15, -0.1) is 0 Å². The van der Waals surface area contributed by atoms with Gasteiger partial charge in [-0.05, 0) is 30.2 Å². The van der Waals surface area contributed by atoms with Crippen molar-refractivity contribution in [1.29, 1.82) is 0 Å². The van der Waals surface area contributed by atoms with Crippen LogP contribution in [0, 0.1) is 29.1 Å². The molecule has 4 rings (SSSR count). The molecule has 1 aromatic rings. The number of amides is 1. The highest BCUT2D eigenvalue weighted by Gasteiger charge is 2.49. The number of benzene rings is 1. The van der Waals surface area contributed by atoms with Gasteiger partial charge in [0.05, 0.1) is 38.4 Å². The minimum atomic E-state index is -1.01. The zero-order valence-electron chi connectivity index (χ0n) is 37.4. The first-order chi connectivity index (χ1) is 27.8. The molecule has 0 bridgehead atoms. The molecule has 3 aliphatic heterocycles. The average Bonchev–Trinajstić information content (AvgIpc) is 3.19. The van der Waals surface area contributed by atoms with E-state index < -0.39 is 84.4 Å². The normalized spacial score (nSPS) is 31.4. The number of carbonyl (C=O) groups excluding carboxylic acids is 5. The van der Waals surface area contributed by atoms with Gasteiger partial charge in [0.15, 0.2) is 24.8 Å². The highest BCUT2D eigenvalue weighted by atomic mass is 16.7. The smallest absolute Gasteiger partial charge is 0.303 e. The van der Waals surface area contributed by atoms with Gasteiger partial charge in [-0.2, -0.15) is 0 Å². The SMILES string of the molecule is CCC(C)(C)C(=O)CCNC(=O)CC1OCC(OC2OCC(OC3OCC(C)C(C)C3OC(C)=O)C(C)C2OC(C)=O)C(C)C1OC(C)=O.CCC(C)c1ccccc1. The van der Waals surface area contributed by atoms with Gasteiger partial charge in [0, 0.05) is 56.9 Å². The van der Waals surface area contributed by atoms with E-state index in [1.807, 2.05) is 48.5 Å². The Morgan fingerprint density at radius 1 is 0.729 bits per heavy atom. The van der Waals surface area contributed by atoms with Crippen molar-refractivity contribution in [3.63, 3.8) is 0 Å². The van der Waals surface area contributed by atoms with E-state index in [0.717, 1.165) is 0 Å². The second-order valence-electron chi connectivity index (χ2n) is 17.1. The number of Topliss-reactive ketones (excluding diaryl/α,β-unsaturated/α-hetero) is 1. The zero-order valence-corrected chi connectivity index (χ0v) is 37.4. The summed E-state index contributed by atoms with van der Waals surface area (Å²) in [4.78, 5) is 61.4. The molecule has 13 atom stereocenters. The quantitative estimate of drug-likeness (QED) is 0.145. The van der Waals surface area contributed by atoms with Gasteiger partial charge in [0.1, 0.15) is 18.0 Å². The number of esters is 3. The highest BCUT2D eigenvalue weighted by Crippen LogP contribution is 2.36. The van der Waals surface area contributed by atoms with Crippen molar-refractivity contribution in [1.82, 2.24) is 5.32 Å². The average molecular weight is 834 g/mol. The van der Waals surface area contributed by atoms with E-state index in [0.29, 0.717) is 18.9 Å². The predicted molar refractivity (Wildman–Crippen MR) is 219 cm³/mol. The van der Waals surface area contributed by atoms with E-state index >= 15 is 0 Å². The first kappa shape index (κ1) is 49.9. The maximum absolute atomic E-state index is 12.8. The summed E-state index contributed by atoms with van der Waals surface area (Å²) in [5, 5.41) is 2.78. The van der Waals surface area contributed by atoms with Crippen LogP contribution in [0.1, 0.15) is 120 Å². The highest BCUT2D eigenvalue weighted by molar-refractivity contribution is 5.85. The molecule has 13 unspecified atom stereocenters. The largest absolute Gasteiger partial charge is 0.459 e. The molecular weight excluding hydrogens is 762 g/mol. The summed E-state index contributed by atoms with van der Waals surface area (Å²) in [6.07, 6.45) is -4.10. The number of rotatable bonds is 16. The Balaban J connectivity index is 0.000000809. The minimum absolute atomic E-state index is 0.0157. The number of ketones is 1. The van der Waals surface area contributed by atoms with Crippen LogP contribution in [0.3, 0.4) is 0 Å². The fraction of sp³-hybridized carbons (Fsp3) is 0.756. The third-order valence-electron chi connectivity index (χ3n) is 12.2. The monoisotopic (exact) mass is 833 g/mol. The summed E-state index contributed by atoms with van der Waals surface area (Å²) in [7, 11) is 0. The maximum Gasteiger partial charge on any atom is 0.303 e. The first-order valence-corrected chi connectivity index (χ1v) is 21.3. The molecule has 0 aliphatic carbocycles. The summed E-state index contributed by atoms with van der Waals surface area (Å²) in [5.41, 5.74) is 0.991. The molecule has 0 spiro atoms. The van der Waals surface area contributed by atoms with Crippen LogP contribution >= 0.6 is 0 Å². The summed E-state index contributed by atoms with van der Waals surface area (Å²) in [5.74, 6) is -1.80. The predicted octanol–water partition coefficient (Wildman–Crippen LogP) is 6.31. The molecule has 59 heavy (non-hydrogen) atoms. The molecule has 0 saturated carbocycles. The Morgan fingerprint density at radius 2 is 1.22 bits per heavy atom. The standard InChI is InChI=1S/C35H57NO13.C10H14/c1-11-35(9,10)28(40)12-13-36-29(41)14-25-30(45-22(6)37)20(4)26(16-42-25)48-34-32(47-24(8)39)21(5)27(17-44-34)49-33-31(46-23(7)38)19(3)18(2)15-43-33;1-3-9(2)10-7-5-4-6-8-10/h18-21,25-27,30-34H,11-17H2,1-10H3,(H,36,41);4-9H,3H2,1-2H3. The van der Waals surface area contributed by atoms with Crippen LogP contribution < -0.4 is 5.32 Å². The Kier molecular flexibility index (Phi) is 19.9. The van der Waals surface area contributed by atoms with Gasteiger partial charge in [0.2, 0.25) is 5.91 Å². The number of ether oxygens (including phenoxy) is 8. The summed E-state index contributed by atoms with van der Waals surface area (Å²) < 4.78 is 47.6. The van der Waals surface area contributed by atoms with E-state index in [4.69, 9.17) is 37.9 Å². The van der Waals surface area contributed by atoms with Crippen LogP contribution in [0.25, 0.3) is 0 Å². The molecular formula is C45H71NO13. The van der Waals surface area contributed by atoms with Crippen molar-refractivity contribution in [2.24, 2.45) is 29.1 Å². The third kappa shape index (κ3) is 14.9. The van der Waals surface area contributed by atoms with Gasteiger partial charge in [-0.1, -0.05) is 92.6 Å². The van der Waals surface area contributed by atoms with Crippen LogP contribution in [-0.4, -0.2) is 105 Å². The van der Waals surface area contributed by atoms with Crippen molar-refractivity contribution < 1.29 is 61.9 Å². The Bertz CT molecular complexity index is 1500. The Morgan fingerprint density at radius 3 is 1.75 bits per heavy atom. The Labute approximate surface area is 351 Å². The summed E-state index contributed by atoms with van der Waals surface area (Å²) in [6.45, 7) is 22.5. The zero-order chi connectivity index (χ0) is 44.0. The molecule has 14 nitrogen and oxygen atoms in total. The van der Waals surface area contributed by atoms with Crippen molar-refractivity contribution in [2.45, 2.75) is 164 Å². The van der Waals surface area contributed by atoms with Crippen LogP contribution in [0.2, 0.25) is 0 Å². The van der Waals surface area contributed by atoms with Crippen LogP contribution in [0.15, 0.2) is 30.3 Å². The second kappa shape index (κ2) is 23.5. The van der Waals surface area contributed by atoms with Gasteiger partial charge >= 0.3 is 17.9 Å². The van der Waals surface area contributed by atoms with Crippen molar-refractivity contribution in [3.05, 3.63) is 35.9 Å². The van der Waals surface area contributed by atoms with E-state index in [9.17, 15) is 24.0 Å². The lowest BCUT2D eigenvalue weighted by molar-refractivity contribution is -0.326. The van der Waals surface area contributed by atoms with E-state index in [1.165, 1.54) is 32.8 Å². The fourth-order valence-corrected chi connectivity index (χ4v) is 7.26. The maximum atomic E-state index is 12.8. The van der Waals surface area contributed by atoms with E-state index in [-0.39, 0.29) is 56.1 Å². The molecule has 1 aromatic carbocycles. The van der Waals surface area contributed by atoms with Crippen molar-refractivity contribution >= 4 is 29.6 Å². The fourth-order valence-electron chi connectivity index (χ4n) is 7.26. The molecule has 334 valence electrons. The van der Waals surface area contributed by atoms with Crippen LogP contribution in [0.5, 0.6) is 0 Å². The lowest BCUT2D eigenvalue weighted by atomic mass is 9.84. The number of hydrogen-bond acceptors (Lipinski definition) is 13. The molecule has 0 radical (unpaired) electrons. The summed E-state index contributed by atoms with van der Waals surface area (Å²) >= 11 is 0. The van der Waals surface area contributed by atoms with Gasteiger partial charge in [0.25, 0.3) is 0 Å². The molecule has 3 aliphatic rings. The van der Waals surface area contributed by atoms with Crippen molar-refractivity contribution in [2.75, 3.05) is 26.4 Å². The van der Waals surface area contributed by atoms with Gasteiger partial charge < -0.3 is 43.2 Å². The minimum Gasteiger partial charge on any atom is -0.459 e. The first-order valence-electron chi connectivity index (χ1n) is 21.3. The summed E-state index contributed by atoms with van der Waals surface area (Å²) in [6, 6.07) is 10.6. The third-order valence-corrected chi connectivity index (χ3v) is 12.2. The van der Waals surface area contributed by atoms with Gasteiger partial charge in [-0.3, -0.25) is 24.0 Å². The number of nitrogens with one attached hydrogen (secondary N) is 1. The van der Waals surface area contributed by atoms with E-state index in [2.05, 4.69) is 49.5 Å². The number of hydrogen-bond donors (Lipinski definition) is 1. The molecule has 14 heteroatoms. The number of carbonyl (C=O) groups is 5. The van der Waals surface area contributed by atoms with Crippen LogP contribution in [-0.2, 0) is 61.9 Å². The van der Waals surface area contributed by atoms with Crippen molar-refractivity contribution in [3.8, 4) is 0 Å². The molecule has 1 amide bonds. The van der Waals surface area contributed by atoms with E-state index in [1.54, 1.807) is 0 Å².